The molecule has 0 aliphatic heterocycles. The van der Waals surface area contributed by atoms with Gasteiger partial charge in [-0.15, -0.1) is 10.2 Å². The van der Waals surface area contributed by atoms with Crippen molar-refractivity contribution in [1.82, 2.24) is 10.2 Å². The number of carboxylic acids is 1. The van der Waals surface area contributed by atoms with Crippen LogP contribution in [0.5, 0.6) is 0 Å². The Hall–Kier alpha value is -2.22. The van der Waals surface area contributed by atoms with Gasteiger partial charge < -0.3 is 20.9 Å². The average molecular weight is 240 g/mol. The van der Waals surface area contributed by atoms with Gasteiger partial charge in [0.15, 0.2) is 5.69 Å². The minimum absolute atomic E-state index is 0.00849. The van der Waals surface area contributed by atoms with Crippen LogP contribution in [-0.2, 0) is 9.53 Å². The van der Waals surface area contributed by atoms with Crippen LogP contribution in [-0.4, -0.2) is 46.9 Å². The molecule has 4 N–H and O–H groups in total. The Morgan fingerprint density at radius 2 is 2.24 bits per heavy atom. The third kappa shape index (κ3) is 3.68. The molecule has 1 rings (SSSR count). The third-order valence-corrected chi connectivity index (χ3v) is 1.87. The highest BCUT2D eigenvalue weighted by Gasteiger charge is 2.17. The first-order valence-corrected chi connectivity index (χ1v) is 4.66. The number of methoxy groups -OCH3 is 1. The molecule has 17 heavy (non-hydrogen) atoms. The number of amides is 1. The minimum atomic E-state index is -1.08. The molecule has 0 saturated carbocycles. The Labute approximate surface area is 96.8 Å². The van der Waals surface area contributed by atoms with E-state index in [0.717, 1.165) is 0 Å². The zero-order valence-electron chi connectivity index (χ0n) is 9.08. The standard InChI is InChI=1S/C9H12N4O4/c1-17-4-6(9(15)16)11-7-3-2-5(8(10)14)12-13-7/h2-3,6H,4H2,1H3,(H2,10,14)(H,11,13)(H,15,16). The molecule has 0 radical (unpaired) electrons. The summed E-state index contributed by atoms with van der Waals surface area (Å²) in [6.07, 6.45) is 0. The number of anilines is 1. The van der Waals surface area contributed by atoms with Crippen molar-refractivity contribution in [3.05, 3.63) is 17.8 Å². The lowest BCUT2D eigenvalue weighted by Crippen LogP contribution is -2.34. The Morgan fingerprint density at radius 1 is 1.53 bits per heavy atom. The van der Waals surface area contributed by atoms with Crippen molar-refractivity contribution in [3.63, 3.8) is 0 Å². The largest absolute Gasteiger partial charge is 0.480 e. The molecule has 0 bridgehead atoms. The van der Waals surface area contributed by atoms with E-state index in [1.807, 2.05) is 0 Å². The van der Waals surface area contributed by atoms with Crippen LogP contribution >= 0.6 is 0 Å². The lowest BCUT2D eigenvalue weighted by Gasteiger charge is -2.13. The maximum absolute atomic E-state index is 10.8. The van der Waals surface area contributed by atoms with E-state index in [2.05, 4.69) is 15.5 Å². The van der Waals surface area contributed by atoms with E-state index >= 15 is 0 Å². The monoisotopic (exact) mass is 240 g/mol. The van der Waals surface area contributed by atoms with Gasteiger partial charge in [0, 0.05) is 7.11 Å². The molecule has 0 aliphatic rings. The predicted octanol–water partition coefficient (Wildman–Crippen LogP) is -0.913. The summed E-state index contributed by atoms with van der Waals surface area (Å²) in [5.74, 6) is -1.55. The number of aliphatic carboxylic acids is 1. The molecule has 0 fully saturated rings. The van der Waals surface area contributed by atoms with Gasteiger partial charge in [0.25, 0.3) is 5.91 Å². The van der Waals surface area contributed by atoms with Gasteiger partial charge in [-0.05, 0) is 12.1 Å². The fourth-order valence-electron chi connectivity index (χ4n) is 1.06. The van der Waals surface area contributed by atoms with Crippen LogP contribution in [0.3, 0.4) is 0 Å². The quantitative estimate of drug-likeness (QED) is 0.587. The van der Waals surface area contributed by atoms with Gasteiger partial charge in [-0.2, -0.15) is 0 Å². The Kier molecular flexibility index (Phi) is 4.35. The minimum Gasteiger partial charge on any atom is -0.480 e. The topological polar surface area (TPSA) is 127 Å². The molecular formula is C9H12N4O4. The van der Waals surface area contributed by atoms with Crippen molar-refractivity contribution < 1.29 is 19.4 Å². The van der Waals surface area contributed by atoms with Crippen LogP contribution in [0.4, 0.5) is 5.82 Å². The first kappa shape index (κ1) is 12.8. The number of carbonyl (C=O) groups excluding carboxylic acids is 1. The molecule has 0 spiro atoms. The summed E-state index contributed by atoms with van der Waals surface area (Å²) >= 11 is 0. The van der Waals surface area contributed by atoms with Crippen LogP contribution in [0, 0.1) is 0 Å². The molecule has 92 valence electrons. The number of aromatic nitrogens is 2. The summed E-state index contributed by atoms with van der Waals surface area (Å²) < 4.78 is 4.73. The van der Waals surface area contributed by atoms with Crippen molar-refractivity contribution >= 4 is 17.7 Å². The maximum Gasteiger partial charge on any atom is 0.328 e. The summed E-state index contributed by atoms with van der Waals surface area (Å²) in [7, 11) is 1.39. The van der Waals surface area contributed by atoms with E-state index in [0.29, 0.717) is 0 Å². The summed E-state index contributed by atoms with van der Waals surface area (Å²) in [4.78, 5) is 21.5. The van der Waals surface area contributed by atoms with Gasteiger partial charge in [-0.1, -0.05) is 0 Å². The first-order valence-electron chi connectivity index (χ1n) is 4.66. The van der Waals surface area contributed by atoms with Gasteiger partial charge >= 0.3 is 5.97 Å². The SMILES string of the molecule is COCC(Nc1ccc(C(N)=O)nn1)C(=O)O. The average Bonchev–Trinajstić information content (AvgIpc) is 2.29. The number of rotatable bonds is 6. The molecule has 0 aromatic carbocycles. The maximum atomic E-state index is 10.8. The summed E-state index contributed by atoms with van der Waals surface area (Å²) in [5.41, 5.74) is 4.99. The van der Waals surface area contributed by atoms with E-state index in [-0.39, 0.29) is 18.1 Å². The Morgan fingerprint density at radius 3 is 2.65 bits per heavy atom. The van der Waals surface area contributed by atoms with E-state index < -0.39 is 17.9 Å². The second kappa shape index (κ2) is 5.75. The van der Waals surface area contributed by atoms with Crippen LogP contribution < -0.4 is 11.1 Å². The van der Waals surface area contributed by atoms with Crippen molar-refractivity contribution in [2.45, 2.75) is 6.04 Å². The van der Waals surface area contributed by atoms with Crippen LogP contribution in [0.25, 0.3) is 0 Å². The lowest BCUT2D eigenvalue weighted by molar-refractivity contribution is -0.139. The van der Waals surface area contributed by atoms with Gasteiger partial charge in [0.2, 0.25) is 0 Å². The van der Waals surface area contributed by atoms with E-state index in [1.54, 1.807) is 0 Å². The van der Waals surface area contributed by atoms with E-state index in [1.165, 1.54) is 19.2 Å². The lowest BCUT2D eigenvalue weighted by atomic mass is 10.3. The van der Waals surface area contributed by atoms with Crippen molar-refractivity contribution in [2.24, 2.45) is 5.73 Å². The highest BCUT2D eigenvalue weighted by atomic mass is 16.5. The van der Waals surface area contributed by atoms with Crippen molar-refractivity contribution in [3.8, 4) is 0 Å². The highest BCUT2D eigenvalue weighted by Crippen LogP contribution is 2.04. The van der Waals surface area contributed by atoms with Crippen LogP contribution in [0.2, 0.25) is 0 Å². The number of hydrogen-bond donors (Lipinski definition) is 3. The molecule has 1 atom stereocenters. The number of hydrogen-bond acceptors (Lipinski definition) is 6. The molecule has 1 unspecified atom stereocenters. The molecule has 1 heterocycles. The summed E-state index contributed by atoms with van der Waals surface area (Å²) in [5, 5.41) is 18.6. The normalized spacial score (nSPS) is 11.8. The van der Waals surface area contributed by atoms with Crippen molar-refractivity contribution in [1.29, 1.82) is 0 Å². The Balaban J connectivity index is 2.73. The molecule has 8 nitrogen and oxygen atoms in total. The molecule has 1 aromatic heterocycles. The Bertz CT molecular complexity index is 406. The van der Waals surface area contributed by atoms with Crippen LogP contribution in [0.15, 0.2) is 12.1 Å². The molecular weight excluding hydrogens is 228 g/mol. The van der Waals surface area contributed by atoms with E-state index in [4.69, 9.17) is 15.6 Å². The fourth-order valence-corrected chi connectivity index (χ4v) is 1.06. The number of nitrogens with zero attached hydrogens (tertiary/aromatic N) is 2. The number of primary amides is 1. The fraction of sp³-hybridized carbons (Fsp3) is 0.333. The van der Waals surface area contributed by atoms with Gasteiger partial charge in [0.05, 0.1) is 6.61 Å². The van der Waals surface area contributed by atoms with Crippen molar-refractivity contribution in [2.75, 3.05) is 19.0 Å². The molecule has 1 amide bonds. The van der Waals surface area contributed by atoms with Gasteiger partial charge in [-0.25, -0.2) is 4.79 Å². The highest BCUT2D eigenvalue weighted by molar-refractivity contribution is 5.90. The number of carbonyl (C=O) groups is 2. The molecule has 0 saturated heterocycles. The first-order chi connectivity index (χ1) is 8.04. The molecule has 1 aromatic rings. The predicted molar refractivity (Wildman–Crippen MR) is 57.5 cm³/mol. The third-order valence-electron chi connectivity index (χ3n) is 1.87. The van der Waals surface area contributed by atoms with E-state index in [9.17, 15) is 9.59 Å². The van der Waals surface area contributed by atoms with Crippen LogP contribution in [0.1, 0.15) is 10.5 Å². The second-order valence-corrected chi connectivity index (χ2v) is 3.16. The summed E-state index contributed by atoms with van der Waals surface area (Å²) in [6.45, 7) is -0.0193. The van der Waals surface area contributed by atoms with Gasteiger partial charge in [-0.3, -0.25) is 4.79 Å². The zero-order chi connectivity index (χ0) is 12.8. The molecule has 0 aliphatic carbocycles. The number of nitrogens with one attached hydrogen (secondary N) is 1. The smallest absolute Gasteiger partial charge is 0.328 e. The number of ether oxygens (including phenoxy) is 1. The zero-order valence-corrected chi connectivity index (χ0v) is 9.08. The summed E-state index contributed by atoms with van der Waals surface area (Å²) in [6, 6.07) is 1.83. The van der Waals surface area contributed by atoms with Gasteiger partial charge in [0.1, 0.15) is 11.9 Å². The second-order valence-electron chi connectivity index (χ2n) is 3.16. The number of carboxylic acid groups (broad SMARTS) is 1. The molecule has 8 heteroatoms. The number of nitrogens with two attached hydrogens (primary N) is 1.